The minimum absolute atomic E-state index is 0.0317. The minimum atomic E-state index is -0.196. The summed E-state index contributed by atoms with van der Waals surface area (Å²) in [7, 11) is 0. The van der Waals surface area contributed by atoms with Gasteiger partial charge < -0.3 is 15.0 Å². The van der Waals surface area contributed by atoms with Gasteiger partial charge >= 0.3 is 0 Å². The van der Waals surface area contributed by atoms with Crippen LogP contribution in [-0.2, 0) is 4.79 Å². The standard InChI is InChI=1S/C22H26N2O3/c1-14(2)27-20-9-6-17(7-10-20)22(26)23-18-12-21(25)24(13-18)19-8-5-15(3)16(4)11-19/h5-11,14,18H,12-13H2,1-4H3,(H,23,26). The van der Waals surface area contributed by atoms with Crippen molar-refractivity contribution in [1.29, 1.82) is 0 Å². The van der Waals surface area contributed by atoms with Crippen molar-refractivity contribution in [1.82, 2.24) is 5.32 Å². The van der Waals surface area contributed by atoms with Crippen LogP contribution in [0.3, 0.4) is 0 Å². The fourth-order valence-electron chi connectivity index (χ4n) is 3.17. The third kappa shape index (κ3) is 4.48. The molecule has 1 saturated heterocycles. The van der Waals surface area contributed by atoms with E-state index >= 15 is 0 Å². The molecule has 0 bridgehead atoms. The van der Waals surface area contributed by atoms with Gasteiger partial charge in [-0.15, -0.1) is 0 Å². The summed E-state index contributed by atoms with van der Waals surface area (Å²) >= 11 is 0. The second-order valence-corrected chi connectivity index (χ2v) is 7.34. The van der Waals surface area contributed by atoms with E-state index in [0.717, 1.165) is 17.0 Å². The number of benzene rings is 2. The molecule has 1 aliphatic heterocycles. The van der Waals surface area contributed by atoms with Crippen LogP contribution >= 0.6 is 0 Å². The lowest BCUT2D eigenvalue weighted by molar-refractivity contribution is -0.117. The molecule has 1 atom stereocenters. The second-order valence-electron chi connectivity index (χ2n) is 7.34. The highest BCUT2D eigenvalue weighted by Gasteiger charge is 2.31. The largest absolute Gasteiger partial charge is 0.491 e. The summed E-state index contributed by atoms with van der Waals surface area (Å²) in [5, 5.41) is 2.97. The highest BCUT2D eigenvalue weighted by molar-refractivity contribution is 5.99. The van der Waals surface area contributed by atoms with Crippen molar-refractivity contribution in [3.05, 3.63) is 59.2 Å². The molecule has 2 amide bonds. The maximum absolute atomic E-state index is 12.5. The van der Waals surface area contributed by atoms with Crippen LogP contribution in [0.1, 0.15) is 41.8 Å². The first kappa shape index (κ1) is 19.0. The van der Waals surface area contributed by atoms with Crippen molar-refractivity contribution in [3.63, 3.8) is 0 Å². The Bertz CT molecular complexity index is 843. The van der Waals surface area contributed by atoms with Gasteiger partial charge in [-0.2, -0.15) is 0 Å². The van der Waals surface area contributed by atoms with Gasteiger partial charge in [0.2, 0.25) is 5.91 Å². The van der Waals surface area contributed by atoms with E-state index in [1.807, 2.05) is 45.9 Å². The molecule has 5 nitrogen and oxygen atoms in total. The molecule has 2 aromatic carbocycles. The maximum Gasteiger partial charge on any atom is 0.251 e. The van der Waals surface area contributed by atoms with Crippen molar-refractivity contribution >= 4 is 17.5 Å². The average Bonchev–Trinajstić information content (AvgIpc) is 2.97. The van der Waals surface area contributed by atoms with Gasteiger partial charge in [0.1, 0.15) is 5.75 Å². The lowest BCUT2D eigenvalue weighted by Gasteiger charge is -2.18. The monoisotopic (exact) mass is 366 g/mol. The molecule has 0 aromatic heterocycles. The zero-order valence-corrected chi connectivity index (χ0v) is 16.3. The van der Waals surface area contributed by atoms with Gasteiger partial charge in [0.15, 0.2) is 0 Å². The summed E-state index contributed by atoms with van der Waals surface area (Å²) < 4.78 is 5.59. The Morgan fingerprint density at radius 1 is 1.11 bits per heavy atom. The molecule has 0 spiro atoms. The maximum atomic E-state index is 12.5. The van der Waals surface area contributed by atoms with Gasteiger partial charge in [-0.3, -0.25) is 9.59 Å². The summed E-state index contributed by atoms with van der Waals surface area (Å²) in [6, 6.07) is 12.9. The van der Waals surface area contributed by atoms with E-state index in [2.05, 4.69) is 5.32 Å². The number of carbonyl (C=O) groups is 2. The lowest BCUT2D eigenvalue weighted by Crippen LogP contribution is -2.37. The molecule has 1 N–H and O–H groups in total. The summed E-state index contributed by atoms with van der Waals surface area (Å²) in [6.45, 7) is 8.48. The van der Waals surface area contributed by atoms with E-state index < -0.39 is 0 Å². The Kier molecular flexibility index (Phi) is 5.49. The van der Waals surface area contributed by atoms with Crippen molar-refractivity contribution in [2.45, 2.75) is 46.3 Å². The molecule has 1 unspecified atom stereocenters. The topological polar surface area (TPSA) is 58.6 Å². The highest BCUT2D eigenvalue weighted by atomic mass is 16.5. The second kappa shape index (κ2) is 7.82. The van der Waals surface area contributed by atoms with Gasteiger partial charge in [-0.1, -0.05) is 6.07 Å². The normalized spacial score (nSPS) is 16.7. The fraction of sp³-hybridized carbons (Fsp3) is 0.364. The van der Waals surface area contributed by atoms with Gasteiger partial charge in [-0.05, 0) is 75.2 Å². The lowest BCUT2D eigenvalue weighted by atomic mass is 10.1. The Morgan fingerprint density at radius 2 is 1.81 bits per heavy atom. The summed E-state index contributed by atoms with van der Waals surface area (Å²) in [4.78, 5) is 26.7. The number of nitrogens with one attached hydrogen (secondary N) is 1. The van der Waals surface area contributed by atoms with Crippen LogP contribution in [0.5, 0.6) is 5.75 Å². The molecule has 1 heterocycles. The van der Waals surface area contributed by atoms with Crippen LogP contribution in [0.2, 0.25) is 0 Å². The third-order valence-electron chi connectivity index (χ3n) is 4.75. The first-order valence-corrected chi connectivity index (χ1v) is 9.28. The third-order valence-corrected chi connectivity index (χ3v) is 4.75. The first-order valence-electron chi connectivity index (χ1n) is 9.28. The summed E-state index contributed by atoms with van der Waals surface area (Å²) in [5.74, 6) is 0.591. The van der Waals surface area contributed by atoms with E-state index in [-0.39, 0.29) is 24.0 Å². The SMILES string of the molecule is Cc1ccc(N2CC(NC(=O)c3ccc(OC(C)C)cc3)CC2=O)cc1C. The van der Waals surface area contributed by atoms with E-state index in [0.29, 0.717) is 18.5 Å². The molecule has 0 radical (unpaired) electrons. The number of ether oxygens (including phenoxy) is 1. The predicted octanol–water partition coefficient (Wildman–Crippen LogP) is 3.63. The smallest absolute Gasteiger partial charge is 0.251 e. The number of aryl methyl sites for hydroxylation is 2. The van der Waals surface area contributed by atoms with Crippen LogP contribution < -0.4 is 15.0 Å². The average molecular weight is 366 g/mol. The Balaban J connectivity index is 1.63. The highest BCUT2D eigenvalue weighted by Crippen LogP contribution is 2.24. The summed E-state index contributed by atoms with van der Waals surface area (Å²) in [6.07, 6.45) is 0.401. The number of rotatable bonds is 5. The number of hydrogen-bond donors (Lipinski definition) is 1. The number of nitrogens with zero attached hydrogens (tertiary/aromatic N) is 1. The summed E-state index contributed by atoms with van der Waals surface area (Å²) in [5.41, 5.74) is 3.79. The number of amides is 2. The van der Waals surface area contributed by atoms with Crippen molar-refractivity contribution in [2.24, 2.45) is 0 Å². The first-order chi connectivity index (χ1) is 12.8. The molecular formula is C22H26N2O3. The van der Waals surface area contributed by atoms with Gasteiger partial charge in [-0.25, -0.2) is 0 Å². The Morgan fingerprint density at radius 3 is 2.44 bits per heavy atom. The molecule has 1 fully saturated rings. The van der Waals surface area contributed by atoms with E-state index in [4.69, 9.17) is 4.74 Å². The Hall–Kier alpha value is -2.82. The van der Waals surface area contributed by atoms with Crippen LogP contribution in [0, 0.1) is 13.8 Å². The predicted molar refractivity (Wildman–Crippen MR) is 106 cm³/mol. The van der Waals surface area contributed by atoms with Gasteiger partial charge in [0.25, 0.3) is 5.91 Å². The van der Waals surface area contributed by atoms with Crippen molar-refractivity contribution in [3.8, 4) is 5.75 Å². The molecule has 1 aliphatic rings. The molecule has 5 heteroatoms. The molecule has 142 valence electrons. The minimum Gasteiger partial charge on any atom is -0.491 e. The zero-order chi connectivity index (χ0) is 19.6. The van der Waals surface area contributed by atoms with E-state index in [9.17, 15) is 9.59 Å². The van der Waals surface area contributed by atoms with Crippen LogP contribution in [0.4, 0.5) is 5.69 Å². The van der Waals surface area contributed by atoms with Gasteiger partial charge in [0.05, 0.1) is 12.1 Å². The van der Waals surface area contributed by atoms with E-state index in [1.54, 1.807) is 29.2 Å². The van der Waals surface area contributed by atoms with Crippen molar-refractivity contribution in [2.75, 3.05) is 11.4 Å². The fourth-order valence-corrected chi connectivity index (χ4v) is 3.17. The van der Waals surface area contributed by atoms with Crippen LogP contribution in [0.15, 0.2) is 42.5 Å². The quantitative estimate of drug-likeness (QED) is 0.879. The molecule has 0 saturated carbocycles. The van der Waals surface area contributed by atoms with Crippen molar-refractivity contribution < 1.29 is 14.3 Å². The van der Waals surface area contributed by atoms with E-state index in [1.165, 1.54) is 5.56 Å². The molecule has 3 rings (SSSR count). The number of anilines is 1. The Labute approximate surface area is 160 Å². The number of hydrogen-bond acceptors (Lipinski definition) is 3. The molecule has 0 aliphatic carbocycles. The zero-order valence-electron chi connectivity index (χ0n) is 16.3. The van der Waals surface area contributed by atoms with Crippen LogP contribution in [0.25, 0.3) is 0 Å². The van der Waals surface area contributed by atoms with Gasteiger partial charge in [0, 0.05) is 24.2 Å². The molecule has 2 aromatic rings. The molecular weight excluding hydrogens is 340 g/mol. The molecule has 27 heavy (non-hydrogen) atoms. The van der Waals surface area contributed by atoms with Crippen LogP contribution in [-0.4, -0.2) is 30.5 Å². The number of carbonyl (C=O) groups excluding carboxylic acids is 2.